The molecular weight excluding hydrogens is 477 g/mol. The van der Waals surface area contributed by atoms with Gasteiger partial charge in [-0.25, -0.2) is 8.78 Å². The molecule has 1 aliphatic heterocycles. The van der Waals surface area contributed by atoms with Crippen molar-refractivity contribution >= 4 is 16.8 Å². The zero-order valence-electron chi connectivity index (χ0n) is 18.2. The molecule has 1 aliphatic rings. The summed E-state index contributed by atoms with van der Waals surface area (Å²) in [4.78, 5) is 31.3. The van der Waals surface area contributed by atoms with Crippen molar-refractivity contribution in [3.63, 3.8) is 0 Å². The number of benzene rings is 1. The minimum Gasteiger partial charge on any atom is -0.392 e. The van der Waals surface area contributed by atoms with Gasteiger partial charge in [-0.3, -0.25) is 14.6 Å². The highest BCUT2D eigenvalue weighted by molar-refractivity contribution is 6.03. The number of nitrogens with zero attached hydrogens (tertiary/aromatic N) is 1. The van der Waals surface area contributed by atoms with Gasteiger partial charge in [0.25, 0.3) is 5.91 Å². The normalized spacial score (nSPS) is 22.9. The molecular formula is C23H20F5N3O4. The van der Waals surface area contributed by atoms with Gasteiger partial charge in [-0.1, -0.05) is 6.07 Å². The average Bonchev–Trinajstić information content (AvgIpc) is 2.79. The number of carbonyl (C=O) groups is 1. The second-order valence-corrected chi connectivity index (χ2v) is 8.58. The molecule has 0 spiro atoms. The number of nitrogens with one attached hydrogen (secondary N) is 1. The van der Waals surface area contributed by atoms with Gasteiger partial charge in [0, 0.05) is 29.4 Å². The number of aromatic nitrogens is 2. The molecule has 0 unspecified atom stereocenters. The quantitative estimate of drug-likeness (QED) is 0.478. The first kappa shape index (κ1) is 24.7. The lowest BCUT2D eigenvalue weighted by Crippen LogP contribution is -2.51. The number of carbonyl (C=O) groups excluding carboxylic acids is 1. The number of alkyl halides is 3. The Kier molecular flexibility index (Phi) is 6.14. The first-order chi connectivity index (χ1) is 16.4. The maximum absolute atomic E-state index is 14.5. The lowest BCUT2D eigenvalue weighted by Gasteiger charge is -2.44. The van der Waals surface area contributed by atoms with Crippen molar-refractivity contribution in [3.05, 3.63) is 74.8 Å². The topological polar surface area (TPSA) is 118 Å². The summed E-state index contributed by atoms with van der Waals surface area (Å²) in [6.45, 7) is -0.629. The summed E-state index contributed by atoms with van der Waals surface area (Å²) < 4.78 is 75.1. The first-order valence-electron chi connectivity index (χ1n) is 10.5. The van der Waals surface area contributed by atoms with Crippen LogP contribution in [0.4, 0.5) is 22.0 Å². The summed E-state index contributed by atoms with van der Waals surface area (Å²) in [5.74, 6) is -5.64. The van der Waals surface area contributed by atoms with Crippen LogP contribution >= 0.6 is 0 Å². The zero-order chi connectivity index (χ0) is 25.7. The van der Waals surface area contributed by atoms with Gasteiger partial charge in [0.2, 0.25) is 0 Å². The highest BCUT2D eigenvalue weighted by atomic mass is 19.4. The number of fused-ring (bicyclic) bond motifs is 1. The Labute approximate surface area is 194 Å². The van der Waals surface area contributed by atoms with Crippen LogP contribution in [0, 0.1) is 11.6 Å². The van der Waals surface area contributed by atoms with Gasteiger partial charge in [0.05, 0.1) is 24.1 Å². The minimum absolute atomic E-state index is 0.0383. The second-order valence-electron chi connectivity index (χ2n) is 8.58. The van der Waals surface area contributed by atoms with E-state index in [9.17, 15) is 36.6 Å². The van der Waals surface area contributed by atoms with E-state index in [1.165, 1.54) is 12.3 Å². The molecule has 12 heteroatoms. The standard InChI is InChI=1S/C23H20F5N3O4/c1-22(23(26,27)28)7-11(10-2-3-14(24)19(25)12(10)8-32)13(9-35-22)16-6-17(33)18-15(31-16)4-5-30-20(18)21(29)34/h2-6,11,13,32H,7-9H2,1H3,(H2,29,34)(H,31,33)/t11-,13+,22-/m1/s1. The lowest BCUT2D eigenvalue weighted by molar-refractivity contribution is -0.286. The van der Waals surface area contributed by atoms with Crippen molar-refractivity contribution in [1.29, 1.82) is 0 Å². The van der Waals surface area contributed by atoms with E-state index in [4.69, 9.17) is 10.5 Å². The van der Waals surface area contributed by atoms with E-state index in [-0.39, 0.29) is 27.9 Å². The Morgan fingerprint density at radius 1 is 1.29 bits per heavy atom. The summed E-state index contributed by atoms with van der Waals surface area (Å²) in [6, 6.07) is 4.38. The number of pyridine rings is 2. The van der Waals surface area contributed by atoms with Gasteiger partial charge in [0.15, 0.2) is 22.7 Å². The monoisotopic (exact) mass is 497 g/mol. The maximum Gasteiger partial charge on any atom is 0.417 e. The highest BCUT2D eigenvalue weighted by Crippen LogP contribution is 2.50. The number of rotatable bonds is 4. The number of aliphatic hydroxyl groups excluding tert-OH is 1. The molecule has 3 heterocycles. The van der Waals surface area contributed by atoms with Crippen molar-refractivity contribution in [3.8, 4) is 0 Å². The van der Waals surface area contributed by atoms with Crippen LogP contribution in [0.3, 0.4) is 0 Å². The number of aromatic amines is 1. The number of nitrogens with two attached hydrogens (primary N) is 1. The summed E-state index contributed by atoms with van der Waals surface area (Å²) in [5, 5.41) is 9.60. The van der Waals surface area contributed by atoms with Crippen LogP contribution < -0.4 is 11.2 Å². The molecule has 1 fully saturated rings. The van der Waals surface area contributed by atoms with Crippen LogP contribution in [0.15, 0.2) is 35.3 Å². The maximum atomic E-state index is 14.5. The van der Waals surface area contributed by atoms with Crippen LogP contribution in [-0.4, -0.2) is 39.4 Å². The van der Waals surface area contributed by atoms with E-state index >= 15 is 0 Å². The van der Waals surface area contributed by atoms with E-state index in [0.29, 0.717) is 0 Å². The van der Waals surface area contributed by atoms with Crippen molar-refractivity contribution in [2.75, 3.05) is 6.61 Å². The Balaban J connectivity index is 1.91. The van der Waals surface area contributed by atoms with E-state index in [0.717, 1.165) is 25.1 Å². The summed E-state index contributed by atoms with van der Waals surface area (Å²) in [6.07, 6.45) is -4.24. The third-order valence-corrected chi connectivity index (χ3v) is 6.46. The molecule has 0 bridgehead atoms. The van der Waals surface area contributed by atoms with E-state index < -0.39 is 71.8 Å². The van der Waals surface area contributed by atoms with Gasteiger partial charge >= 0.3 is 6.18 Å². The molecule has 1 amide bonds. The van der Waals surface area contributed by atoms with E-state index in [1.54, 1.807) is 0 Å². The Morgan fingerprint density at radius 2 is 2.00 bits per heavy atom. The number of aliphatic hydroxyl groups is 1. The largest absolute Gasteiger partial charge is 0.417 e. The molecule has 4 rings (SSSR count). The number of hydrogen-bond acceptors (Lipinski definition) is 5. The predicted molar refractivity (Wildman–Crippen MR) is 114 cm³/mol. The van der Waals surface area contributed by atoms with Crippen molar-refractivity contribution in [2.45, 2.75) is 43.6 Å². The smallest absolute Gasteiger partial charge is 0.392 e. The van der Waals surface area contributed by atoms with Crippen LogP contribution in [0.2, 0.25) is 0 Å². The molecule has 0 radical (unpaired) electrons. The van der Waals surface area contributed by atoms with Crippen LogP contribution in [0.1, 0.15) is 52.5 Å². The number of halogens is 5. The second kappa shape index (κ2) is 8.68. The molecule has 0 aliphatic carbocycles. The van der Waals surface area contributed by atoms with Crippen molar-refractivity contribution in [1.82, 2.24) is 9.97 Å². The molecule has 3 atom stereocenters. The zero-order valence-corrected chi connectivity index (χ0v) is 18.2. The third-order valence-electron chi connectivity index (χ3n) is 6.46. The van der Waals surface area contributed by atoms with Gasteiger partial charge in [-0.05, 0) is 37.0 Å². The first-order valence-corrected chi connectivity index (χ1v) is 10.5. The number of primary amides is 1. The highest BCUT2D eigenvalue weighted by Gasteiger charge is 2.57. The summed E-state index contributed by atoms with van der Waals surface area (Å²) in [7, 11) is 0. The molecule has 1 aromatic carbocycles. The van der Waals surface area contributed by atoms with Crippen LogP contribution in [0.25, 0.3) is 10.9 Å². The fraction of sp³-hybridized carbons (Fsp3) is 0.348. The third kappa shape index (κ3) is 4.16. The predicted octanol–water partition coefficient (Wildman–Crippen LogP) is 3.40. The molecule has 3 aromatic rings. The molecule has 4 N–H and O–H groups in total. The number of amides is 1. The number of hydrogen-bond donors (Lipinski definition) is 3. The number of H-pyrrole nitrogens is 1. The van der Waals surface area contributed by atoms with Crippen molar-refractivity contribution < 1.29 is 36.6 Å². The molecule has 0 saturated carbocycles. The Morgan fingerprint density at radius 3 is 2.63 bits per heavy atom. The fourth-order valence-electron chi connectivity index (χ4n) is 4.56. The lowest BCUT2D eigenvalue weighted by atomic mass is 9.73. The SMILES string of the molecule is C[C@]1(C(F)(F)F)C[C@H](c2ccc(F)c(F)c2CO)[C@@H](c2cc(=O)c3c(C(N)=O)nccc3[nH]2)CO1. The van der Waals surface area contributed by atoms with Crippen LogP contribution in [-0.2, 0) is 11.3 Å². The van der Waals surface area contributed by atoms with Gasteiger partial charge in [-0.15, -0.1) is 0 Å². The number of ether oxygens (including phenoxy) is 1. The van der Waals surface area contributed by atoms with Gasteiger partial charge in [-0.2, -0.15) is 13.2 Å². The van der Waals surface area contributed by atoms with E-state index in [1.807, 2.05) is 0 Å². The fourth-order valence-corrected chi connectivity index (χ4v) is 4.56. The van der Waals surface area contributed by atoms with Crippen molar-refractivity contribution in [2.24, 2.45) is 5.73 Å². The van der Waals surface area contributed by atoms with Gasteiger partial charge < -0.3 is 20.6 Å². The molecule has 186 valence electrons. The molecule has 2 aromatic heterocycles. The molecule has 7 nitrogen and oxygen atoms in total. The van der Waals surface area contributed by atoms with Gasteiger partial charge in [0.1, 0.15) is 5.69 Å². The minimum atomic E-state index is -4.78. The Hall–Kier alpha value is -3.38. The van der Waals surface area contributed by atoms with Crippen LogP contribution in [0.5, 0.6) is 0 Å². The Bertz CT molecular complexity index is 1370. The average molecular weight is 497 g/mol. The molecule has 1 saturated heterocycles. The van der Waals surface area contributed by atoms with E-state index in [2.05, 4.69) is 9.97 Å². The molecule has 35 heavy (non-hydrogen) atoms. The summed E-state index contributed by atoms with van der Waals surface area (Å²) >= 11 is 0. The summed E-state index contributed by atoms with van der Waals surface area (Å²) in [5.41, 5.74) is 1.52.